The molecule has 3 aromatic heterocycles. The van der Waals surface area contributed by atoms with Crippen molar-refractivity contribution in [2.75, 3.05) is 0 Å². The second kappa shape index (κ2) is 7.57. The molecule has 0 bridgehead atoms. The van der Waals surface area contributed by atoms with E-state index in [1.54, 1.807) is 0 Å². The molecule has 0 unspecified atom stereocenters. The van der Waals surface area contributed by atoms with Gasteiger partial charge in [0.25, 0.3) is 0 Å². The molecule has 0 radical (unpaired) electrons. The molecule has 4 heteroatoms. The van der Waals surface area contributed by atoms with Gasteiger partial charge in [0, 0.05) is 29.3 Å². The number of aryl methyl sites for hydroxylation is 3. The number of benzene rings is 1. The third-order valence-electron chi connectivity index (χ3n) is 6.73. The summed E-state index contributed by atoms with van der Waals surface area (Å²) in [6.45, 7) is 15.5. The lowest BCUT2D eigenvalue weighted by atomic mass is 9.95. The van der Waals surface area contributed by atoms with Gasteiger partial charge in [0.1, 0.15) is 0 Å². The van der Waals surface area contributed by atoms with E-state index in [1.807, 2.05) is 0 Å². The third kappa shape index (κ3) is 2.96. The molecule has 0 atom stereocenters. The first-order valence-corrected chi connectivity index (χ1v) is 11.2. The lowest BCUT2D eigenvalue weighted by Gasteiger charge is -2.15. The van der Waals surface area contributed by atoms with Crippen molar-refractivity contribution in [1.82, 2.24) is 19.2 Å². The van der Waals surface area contributed by atoms with Crippen LogP contribution in [0.2, 0.25) is 0 Å². The minimum Gasteiger partial charge on any atom is -0.347 e. The highest BCUT2D eigenvalue weighted by atomic mass is 15.3. The van der Waals surface area contributed by atoms with Crippen molar-refractivity contribution in [3.05, 3.63) is 52.5 Å². The van der Waals surface area contributed by atoms with Gasteiger partial charge < -0.3 is 4.57 Å². The molecule has 0 aliphatic heterocycles. The molecule has 0 aliphatic carbocycles. The molecule has 158 valence electrons. The fourth-order valence-corrected chi connectivity index (χ4v) is 5.03. The Kier molecular flexibility index (Phi) is 5.21. The second-order valence-corrected chi connectivity index (χ2v) is 8.95. The summed E-state index contributed by atoms with van der Waals surface area (Å²) in [7, 11) is 2.18. The summed E-state index contributed by atoms with van der Waals surface area (Å²) in [5.74, 6) is 0.977. The average molecular weight is 403 g/mol. The molecule has 0 aliphatic rings. The van der Waals surface area contributed by atoms with E-state index in [9.17, 15) is 0 Å². The zero-order valence-electron chi connectivity index (χ0n) is 19.7. The maximum Gasteiger partial charge on any atom is 0.157 e. The lowest BCUT2D eigenvalue weighted by molar-refractivity contribution is 0.638. The highest BCUT2D eigenvalue weighted by Gasteiger charge is 2.24. The summed E-state index contributed by atoms with van der Waals surface area (Å²) in [5.41, 5.74) is 10.8. The molecule has 0 N–H and O–H groups in total. The number of nitrogens with zero attached hydrogens (tertiary/aromatic N) is 4. The third-order valence-corrected chi connectivity index (χ3v) is 6.73. The Bertz CT molecular complexity index is 1240. The van der Waals surface area contributed by atoms with Crippen LogP contribution < -0.4 is 0 Å². The van der Waals surface area contributed by atoms with Crippen LogP contribution in [0.25, 0.3) is 27.8 Å². The largest absolute Gasteiger partial charge is 0.347 e. The van der Waals surface area contributed by atoms with Gasteiger partial charge in [0.05, 0.1) is 22.6 Å². The van der Waals surface area contributed by atoms with Crippen LogP contribution in [0.1, 0.15) is 80.6 Å². The van der Waals surface area contributed by atoms with Crippen molar-refractivity contribution in [1.29, 1.82) is 0 Å². The molecule has 0 amide bonds. The SMILES string of the molecule is CCC(CC)c1cc(C)nn2c(-c3c(C)n(C)c4c(C(C)C)cccc34)c(C)nc12. The van der Waals surface area contributed by atoms with Crippen molar-refractivity contribution in [3.63, 3.8) is 0 Å². The highest BCUT2D eigenvalue weighted by molar-refractivity contribution is 6.00. The van der Waals surface area contributed by atoms with Gasteiger partial charge in [-0.25, -0.2) is 9.50 Å². The lowest BCUT2D eigenvalue weighted by Crippen LogP contribution is -2.05. The molecule has 4 nitrogen and oxygen atoms in total. The van der Waals surface area contributed by atoms with E-state index in [0.717, 1.165) is 35.6 Å². The van der Waals surface area contributed by atoms with Crippen molar-refractivity contribution < 1.29 is 0 Å². The number of fused-ring (bicyclic) bond motifs is 2. The summed E-state index contributed by atoms with van der Waals surface area (Å²) in [5, 5.41) is 6.23. The van der Waals surface area contributed by atoms with Crippen molar-refractivity contribution in [2.24, 2.45) is 7.05 Å². The summed E-state index contributed by atoms with van der Waals surface area (Å²) >= 11 is 0. The molecule has 0 saturated heterocycles. The van der Waals surface area contributed by atoms with Crippen LogP contribution in [0, 0.1) is 20.8 Å². The van der Waals surface area contributed by atoms with E-state index in [4.69, 9.17) is 10.1 Å². The predicted octanol–water partition coefficient (Wildman–Crippen LogP) is 6.84. The van der Waals surface area contributed by atoms with E-state index in [0.29, 0.717) is 11.8 Å². The minimum absolute atomic E-state index is 0.472. The maximum absolute atomic E-state index is 5.05. The smallest absolute Gasteiger partial charge is 0.157 e. The first-order chi connectivity index (χ1) is 14.3. The zero-order chi connectivity index (χ0) is 21.7. The molecule has 30 heavy (non-hydrogen) atoms. The predicted molar refractivity (Wildman–Crippen MR) is 127 cm³/mol. The van der Waals surface area contributed by atoms with Gasteiger partial charge in [-0.1, -0.05) is 45.9 Å². The Hall–Kier alpha value is -2.62. The van der Waals surface area contributed by atoms with Crippen molar-refractivity contribution >= 4 is 16.6 Å². The monoisotopic (exact) mass is 402 g/mol. The Morgan fingerprint density at radius 3 is 2.33 bits per heavy atom. The van der Waals surface area contributed by atoms with Crippen molar-refractivity contribution in [2.45, 2.75) is 73.1 Å². The molecule has 0 saturated carbocycles. The zero-order valence-corrected chi connectivity index (χ0v) is 19.7. The van der Waals surface area contributed by atoms with Crippen molar-refractivity contribution in [3.8, 4) is 11.3 Å². The van der Waals surface area contributed by atoms with Gasteiger partial charge in [-0.3, -0.25) is 0 Å². The molecule has 3 heterocycles. The number of aromatic nitrogens is 4. The van der Waals surface area contributed by atoms with Gasteiger partial charge in [-0.05, 0) is 57.1 Å². The number of imidazole rings is 1. The quantitative estimate of drug-likeness (QED) is 0.366. The van der Waals surface area contributed by atoms with E-state index in [2.05, 4.69) is 88.9 Å². The molecular formula is C26H34N4. The van der Waals surface area contributed by atoms with Gasteiger partial charge in [-0.15, -0.1) is 0 Å². The van der Waals surface area contributed by atoms with Gasteiger partial charge >= 0.3 is 0 Å². The number of hydrogen-bond donors (Lipinski definition) is 0. The Morgan fingerprint density at radius 1 is 1.00 bits per heavy atom. The first kappa shape index (κ1) is 20.6. The van der Waals surface area contributed by atoms with Gasteiger partial charge in [0.15, 0.2) is 5.65 Å². The van der Waals surface area contributed by atoms with E-state index in [1.165, 1.54) is 33.3 Å². The van der Waals surface area contributed by atoms with Crippen LogP contribution in [-0.2, 0) is 7.05 Å². The molecule has 0 spiro atoms. The fraction of sp³-hybridized carbons (Fsp3) is 0.462. The Labute approximate surface area is 179 Å². The van der Waals surface area contributed by atoms with Crippen LogP contribution in [0.4, 0.5) is 0 Å². The minimum atomic E-state index is 0.472. The van der Waals surface area contributed by atoms with Crippen LogP contribution in [0.15, 0.2) is 24.3 Å². The number of para-hydroxylation sites is 1. The molecule has 1 aromatic carbocycles. The van der Waals surface area contributed by atoms with E-state index in [-0.39, 0.29) is 0 Å². The molecule has 4 rings (SSSR count). The normalized spacial score (nSPS) is 12.2. The standard InChI is InChI=1S/C26H34N4/c1-9-19(10-2)22-14-16(5)28-30-24(17(6)27-26(22)30)23-18(7)29(8)25-20(15(3)4)12-11-13-21(23)25/h11-15,19H,9-10H2,1-8H3. The molecule has 4 aromatic rings. The summed E-state index contributed by atoms with van der Waals surface area (Å²) < 4.78 is 4.46. The maximum atomic E-state index is 5.05. The summed E-state index contributed by atoms with van der Waals surface area (Å²) in [6, 6.07) is 8.93. The van der Waals surface area contributed by atoms with Gasteiger partial charge in [0.2, 0.25) is 0 Å². The topological polar surface area (TPSA) is 35.1 Å². The fourth-order valence-electron chi connectivity index (χ4n) is 5.03. The number of hydrogen-bond acceptors (Lipinski definition) is 2. The first-order valence-electron chi connectivity index (χ1n) is 11.2. The Morgan fingerprint density at radius 2 is 1.70 bits per heavy atom. The molecule has 0 fully saturated rings. The highest BCUT2D eigenvalue weighted by Crippen LogP contribution is 2.40. The second-order valence-electron chi connectivity index (χ2n) is 8.95. The molecular weight excluding hydrogens is 368 g/mol. The summed E-state index contributed by atoms with van der Waals surface area (Å²) in [4.78, 5) is 5.05. The van der Waals surface area contributed by atoms with Crippen LogP contribution in [0.5, 0.6) is 0 Å². The van der Waals surface area contributed by atoms with Crippen LogP contribution in [-0.4, -0.2) is 19.2 Å². The van der Waals surface area contributed by atoms with E-state index < -0.39 is 0 Å². The van der Waals surface area contributed by atoms with Gasteiger partial charge in [-0.2, -0.15) is 5.10 Å². The summed E-state index contributed by atoms with van der Waals surface area (Å²) in [6.07, 6.45) is 2.23. The Balaban J connectivity index is 2.11. The average Bonchev–Trinajstić information content (AvgIpc) is 3.16. The van der Waals surface area contributed by atoms with Crippen LogP contribution >= 0.6 is 0 Å². The van der Waals surface area contributed by atoms with E-state index >= 15 is 0 Å². The number of rotatable bonds is 5. The van der Waals surface area contributed by atoms with Crippen LogP contribution in [0.3, 0.4) is 0 Å².